The first-order chi connectivity index (χ1) is 16.1. The first kappa shape index (κ1) is 22.6. The van der Waals surface area contributed by atoms with E-state index in [4.69, 9.17) is 4.74 Å². The molecule has 5 heteroatoms. The number of carbonyl (C=O) groups is 1. The number of carbonyl (C=O) groups excluding carboxylic acids is 1. The molecule has 1 amide bonds. The van der Waals surface area contributed by atoms with Crippen LogP contribution in [-0.2, 0) is 13.2 Å². The summed E-state index contributed by atoms with van der Waals surface area (Å²) in [6.45, 7) is 6.67. The first-order valence-electron chi connectivity index (χ1n) is 11.4. The van der Waals surface area contributed by atoms with Gasteiger partial charge in [0, 0.05) is 43.9 Å². The van der Waals surface area contributed by atoms with Gasteiger partial charge >= 0.3 is 0 Å². The number of aryl methyl sites for hydroxylation is 1. The second-order valence-electron chi connectivity index (χ2n) is 8.43. The Morgan fingerprint density at radius 3 is 2.55 bits per heavy atom. The van der Waals surface area contributed by atoms with Crippen molar-refractivity contribution in [2.24, 2.45) is 0 Å². The summed E-state index contributed by atoms with van der Waals surface area (Å²) >= 11 is 0. The van der Waals surface area contributed by atoms with Crippen LogP contribution >= 0.6 is 0 Å². The van der Waals surface area contributed by atoms with Crippen LogP contribution in [0.5, 0.6) is 5.75 Å². The van der Waals surface area contributed by atoms with Crippen molar-refractivity contribution in [2.45, 2.75) is 26.5 Å². The Bertz CT molecular complexity index is 1150. The zero-order valence-corrected chi connectivity index (χ0v) is 19.0. The molecule has 0 spiro atoms. The molecule has 5 nitrogen and oxygen atoms in total. The fraction of sp³-hybridized carbons (Fsp3) is 0.286. The van der Waals surface area contributed by atoms with Gasteiger partial charge in [-0.3, -0.25) is 9.69 Å². The van der Waals surface area contributed by atoms with Gasteiger partial charge in [0.1, 0.15) is 12.4 Å². The Hall–Kier alpha value is -3.62. The number of amides is 1. The standard InChI is InChI=1S/C28H29N3O2/c1-22-8-2-3-10-25(22)20-30-14-7-15-31(17-16-30)28(32)23-12-6-13-27(18-23)33-21-26-11-5-4-9-24(26)19-29/h2-6,8-13,18H,7,14-17,20-21H2,1H3. The zero-order valence-electron chi connectivity index (χ0n) is 19.0. The van der Waals surface area contributed by atoms with Gasteiger partial charge in [-0.1, -0.05) is 48.5 Å². The average molecular weight is 440 g/mol. The summed E-state index contributed by atoms with van der Waals surface area (Å²) in [6.07, 6.45) is 0.957. The molecule has 0 unspecified atom stereocenters. The average Bonchev–Trinajstić information content (AvgIpc) is 3.09. The molecule has 168 valence electrons. The fourth-order valence-corrected chi connectivity index (χ4v) is 4.18. The number of benzene rings is 3. The largest absolute Gasteiger partial charge is 0.489 e. The highest BCUT2D eigenvalue weighted by Gasteiger charge is 2.21. The third-order valence-electron chi connectivity index (χ3n) is 6.14. The molecule has 0 aromatic heterocycles. The number of ether oxygens (including phenoxy) is 1. The Balaban J connectivity index is 1.37. The molecular weight excluding hydrogens is 410 g/mol. The van der Waals surface area contributed by atoms with Crippen LogP contribution < -0.4 is 4.74 Å². The predicted molar refractivity (Wildman–Crippen MR) is 129 cm³/mol. The van der Waals surface area contributed by atoms with Crippen LogP contribution in [-0.4, -0.2) is 41.9 Å². The summed E-state index contributed by atoms with van der Waals surface area (Å²) in [5, 5.41) is 9.26. The molecule has 1 saturated heterocycles. The lowest BCUT2D eigenvalue weighted by molar-refractivity contribution is 0.0760. The Kier molecular flexibility index (Phi) is 7.39. The van der Waals surface area contributed by atoms with Crippen molar-refractivity contribution < 1.29 is 9.53 Å². The van der Waals surface area contributed by atoms with Crippen molar-refractivity contribution >= 4 is 5.91 Å². The van der Waals surface area contributed by atoms with E-state index in [2.05, 4.69) is 42.2 Å². The molecule has 4 rings (SSSR count). The second-order valence-corrected chi connectivity index (χ2v) is 8.43. The van der Waals surface area contributed by atoms with Gasteiger partial charge in [-0.15, -0.1) is 0 Å². The van der Waals surface area contributed by atoms with E-state index in [-0.39, 0.29) is 5.91 Å². The van der Waals surface area contributed by atoms with Crippen molar-refractivity contribution in [1.29, 1.82) is 5.26 Å². The highest BCUT2D eigenvalue weighted by Crippen LogP contribution is 2.19. The van der Waals surface area contributed by atoms with Crippen molar-refractivity contribution in [2.75, 3.05) is 26.2 Å². The summed E-state index contributed by atoms with van der Waals surface area (Å²) in [5.74, 6) is 0.667. The van der Waals surface area contributed by atoms with Gasteiger partial charge in [-0.25, -0.2) is 0 Å². The van der Waals surface area contributed by atoms with Gasteiger partial charge in [0.15, 0.2) is 0 Å². The van der Waals surface area contributed by atoms with Gasteiger partial charge in [-0.2, -0.15) is 5.26 Å². The van der Waals surface area contributed by atoms with Gasteiger partial charge < -0.3 is 9.64 Å². The molecule has 1 aliphatic heterocycles. The molecule has 0 radical (unpaired) electrons. The Morgan fingerprint density at radius 1 is 0.939 bits per heavy atom. The minimum absolute atomic E-state index is 0.0376. The number of rotatable bonds is 6. The van der Waals surface area contributed by atoms with E-state index in [1.165, 1.54) is 11.1 Å². The van der Waals surface area contributed by atoms with Crippen LogP contribution in [0.4, 0.5) is 0 Å². The number of nitriles is 1. The summed E-state index contributed by atoms with van der Waals surface area (Å²) in [4.78, 5) is 17.6. The van der Waals surface area contributed by atoms with E-state index in [1.54, 1.807) is 12.1 Å². The van der Waals surface area contributed by atoms with Crippen molar-refractivity contribution in [3.05, 3.63) is 101 Å². The third-order valence-corrected chi connectivity index (χ3v) is 6.14. The van der Waals surface area contributed by atoms with Crippen LogP contribution in [0.3, 0.4) is 0 Å². The molecule has 0 aliphatic carbocycles. The lowest BCUT2D eigenvalue weighted by atomic mass is 10.1. The molecular formula is C28H29N3O2. The smallest absolute Gasteiger partial charge is 0.254 e. The Morgan fingerprint density at radius 2 is 1.73 bits per heavy atom. The molecule has 0 atom stereocenters. The SMILES string of the molecule is Cc1ccccc1CN1CCCN(C(=O)c2cccc(OCc3ccccc3C#N)c2)CC1. The van der Waals surface area contributed by atoms with E-state index in [0.717, 1.165) is 38.2 Å². The topological polar surface area (TPSA) is 56.6 Å². The van der Waals surface area contributed by atoms with Crippen LogP contribution in [0.1, 0.15) is 39.0 Å². The molecule has 1 fully saturated rings. The highest BCUT2D eigenvalue weighted by atomic mass is 16.5. The molecule has 33 heavy (non-hydrogen) atoms. The molecule has 1 aliphatic rings. The monoisotopic (exact) mass is 439 g/mol. The van der Waals surface area contributed by atoms with Gasteiger partial charge in [0.05, 0.1) is 11.6 Å². The zero-order chi connectivity index (χ0) is 23.0. The molecule has 3 aromatic carbocycles. The summed E-state index contributed by atoms with van der Waals surface area (Å²) in [6, 6.07) is 25.4. The van der Waals surface area contributed by atoms with E-state index in [0.29, 0.717) is 30.0 Å². The predicted octanol–water partition coefficient (Wildman–Crippen LogP) is 4.79. The number of hydrogen-bond acceptors (Lipinski definition) is 4. The summed E-state index contributed by atoms with van der Waals surface area (Å²) in [5.41, 5.74) is 4.72. The quantitative estimate of drug-likeness (QED) is 0.554. The normalized spacial score (nSPS) is 14.4. The van der Waals surface area contributed by atoms with Crippen LogP contribution in [0, 0.1) is 18.3 Å². The maximum absolute atomic E-state index is 13.2. The second kappa shape index (κ2) is 10.8. The van der Waals surface area contributed by atoms with E-state index < -0.39 is 0 Å². The first-order valence-corrected chi connectivity index (χ1v) is 11.4. The van der Waals surface area contributed by atoms with Crippen LogP contribution in [0.15, 0.2) is 72.8 Å². The number of nitrogens with zero attached hydrogens (tertiary/aromatic N) is 3. The number of hydrogen-bond donors (Lipinski definition) is 0. The molecule has 0 N–H and O–H groups in total. The van der Waals surface area contributed by atoms with Crippen molar-refractivity contribution in [1.82, 2.24) is 9.80 Å². The maximum Gasteiger partial charge on any atom is 0.254 e. The van der Waals surface area contributed by atoms with E-state index in [1.807, 2.05) is 41.3 Å². The highest BCUT2D eigenvalue weighted by molar-refractivity contribution is 5.94. The lowest BCUT2D eigenvalue weighted by Gasteiger charge is -2.23. The minimum Gasteiger partial charge on any atom is -0.489 e. The molecule has 1 heterocycles. The minimum atomic E-state index is 0.0376. The third kappa shape index (κ3) is 5.79. The van der Waals surface area contributed by atoms with E-state index >= 15 is 0 Å². The maximum atomic E-state index is 13.2. The fourth-order valence-electron chi connectivity index (χ4n) is 4.18. The summed E-state index contributed by atoms with van der Waals surface area (Å²) in [7, 11) is 0. The van der Waals surface area contributed by atoms with Crippen LogP contribution in [0.25, 0.3) is 0 Å². The van der Waals surface area contributed by atoms with E-state index in [9.17, 15) is 10.1 Å². The van der Waals surface area contributed by atoms with Gasteiger partial charge in [0.25, 0.3) is 5.91 Å². The van der Waals surface area contributed by atoms with Crippen molar-refractivity contribution in [3.63, 3.8) is 0 Å². The molecule has 3 aromatic rings. The summed E-state index contributed by atoms with van der Waals surface area (Å²) < 4.78 is 5.90. The molecule has 0 saturated carbocycles. The Labute approximate surface area is 195 Å². The van der Waals surface area contributed by atoms with Gasteiger partial charge in [0.2, 0.25) is 0 Å². The van der Waals surface area contributed by atoms with Gasteiger partial charge in [-0.05, 0) is 48.7 Å². The molecule has 0 bridgehead atoms. The van der Waals surface area contributed by atoms with Crippen molar-refractivity contribution in [3.8, 4) is 11.8 Å². The lowest BCUT2D eigenvalue weighted by Crippen LogP contribution is -2.35. The van der Waals surface area contributed by atoms with Crippen LogP contribution in [0.2, 0.25) is 0 Å².